The average molecular weight is 430 g/mol. The molecule has 0 radical (unpaired) electrons. The number of imidazole rings is 1. The van der Waals surface area contributed by atoms with Gasteiger partial charge < -0.3 is 10.1 Å². The van der Waals surface area contributed by atoms with Crippen molar-refractivity contribution in [3.63, 3.8) is 0 Å². The van der Waals surface area contributed by atoms with Gasteiger partial charge in [0.15, 0.2) is 0 Å². The fraction of sp³-hybridized carbons (Fsp3) is 0.158. The van der Waals surface area contributed by atoms with E-state index in [9.17, 15) is 8.42 Å². The molecule has 2 aromatic carbocycles. The molecular weight excluding hydrogens is 410 g/mol. The second-order valence-electron chi connectivity index (χ2n) is 6.29. The molecule has 0 saturated heterocycles. The van der Waals surface area contributed by atoms with Crippen molar-refractivity contribution in [2.45, 2.75) is 0 Å². The molecule has 0 bridgehead atoms. The van der Waals surface area contributed by atoms with Gasteiger partial charge in [-0.2, -0.15) is 0 Å². The number of ether oxygens (including phenoxy) is 1. The lowest BCUT2D eigenvalue weighted by atomic mass is 10.1. The number of aromatic nitrogens is 3. The van der Waals surface area contributed by atoms with Crippen LogP contribution in [-0.4, -0.2) is 42.4 Å². The lowest BCUT2D eigenvalue weighted by Gasteiger charge is -2.06. The van der Waals surface area contributed by atoms with Gasteiger partial charge in [0.2, 0.25) is 20.1 Å². The molecule has 2 N–H and O–H groups in total. The number of anilines is 2. The highest BCUT2D eigenvalue weighted by atomic mass is 32.2. The van der Waals surface area contributed by atoms with Crippen LogP contribution in [0.1, 0.15) is 0 Å². The Morgan fingerprint density at radius 1 is 1.14 bits per heavy atom. The number of fused-ring (bicyclic) bond motifs is 1. The molecule has 0 saturated carbocycles. The summed E-state index contributed by atoms with van der Waals surface area (Å²) in [5.41, 5.74) is 2.09. The van der Waals surface area contributed by atoms with Crippen LogP contribution in [0.15, 0.2) is 60.8 Å². The Bertz CT molecular complexity index is 1220. The third-order valence-electron chi connectivity index (χ3n) is 3.94. The smallest absolute Gasteiger partial charge is 0.229 e. The molecule has 10 heteroatoms. The molecule has 2 heterocycles. The van der Waals surface area contributed by atoms with Gasteiger partial charge >= 0.3 is 0 Å². The molecular formula is C19H19N5O3S2. The highest BCUT2D eigenvalue weighted by Gasteiger charge is 2.12. The Kier molecular flexibility index (Phi) is 5.36. The molecule has 0 amide bonds. The Hall–Kier alpha value is -3.11. The van der Waals surface area contributed by atoms with E-state index >= 15 is 0 Å². The molecule has 150 valence electrons. The number of para-hydroxylation sites is 1. The van der Waals surface area contributed by atoms with E-state index in [2.05, 4.69) is 20.1 Å². The average Bonchev–Trinajstić information content (AvgIpc) is 3.25. The van der Waals surface area contributed by atoms with Gasteiger partial charge in [-0.05, 0) is 24.3 Å². The zero-order valence-corrected chi connectivity index (χ0v) is 17.2. The largest absolute Gasteiger partial charge is 0.492 e. The van der Waals surface area contributed by atoms with Crippen molar-refractivity contribution in [2.75, 3.05) is 29.4 Å². The van der Waals surface area contributed by atoms with Gasteiger partial charge in [-0.3, -0.25) is 4.72 Å². The molecule has 0 aliphatic rings. The first-order valence-electron chi connectivity index (χ1n) is 8.82. The predicted octanol–water partition coefficient (Wildman–Crippen LogP) is 3.32. The molecule has 4 aromatic rings. The Balaban J connectivity index is 1.46. The van der Waals surface area contributed by atoms with Crippen molar-refractivity contribution in [3.05, 3.63) is 60.8 Å². The predicted molar refractivity (Wildman–Crippen MR) is 115 cm³/mol. The van der Waals surface area contributed by atoms with Crippen molar-refractivity contribution in [3.8, 4) is 17.0 Å². The maximum atomic E-state index is 11.5. The quantitative estimate of drug-likeness (QED) is 0.417. The first-order valence-corrected chi connectivity index (χ1v) is 11.5. The minimum Gasteiger partial charge on any atom is -0.492 e. The Morgan fingerprint density at radius 2 is 1.97 bits per heavy atom. The zero-order chi connectivity index (χ0) is 20.3. The molecule has 0 atom stereocenters. The maximum Gasteiger partial charge on any atom is 0.229 e. The first-order chi connectivity index (χ1) is 14.0. The lowest BCUT2D eigenvalue weighted by Crippen LogP contribution is -2.11. The molecule has 4 rings (SSSR count). The fourth-order valence-corrected chi connectivity index (χ4v) is 4.12. The van der Waals surface area contributed by atoms with Crippen LogP contribution in [0.3, 0.4) is 0 Å². The third kappa shape index (κ3) is 4.84. The number of benzene rings is 2. The van der Waals surface area contributed by atoms with Crippen molar-refractivity contribution < 1.29 is 13.2 Å². The van der Waals surface area contributed by atoms with Gasteiger partial charge in [0, 0.05) is 11.3 Å². The van der Waals surface area contributed by atoms with Crippen LogP contribution >= 0.6 is 11.3 Å². The normalized spacial score (nSPS) is 11.5. The summed E-state index contributed by atoms with van der Waals surface area (Å²) in [6.07, 6.45) is 2.84. The molecule has 2 aromatic heterocycles. The van der Waals surface area contributed by atoms with E-state index in [1.54, 1.807) is 28.9 Å². The highest BCUT2D eigenvalue weighted by molar-refractivity contribution is 7.92. The van der Waals surface area contributed by atoms with Crippen molar-refractivity contribution in [2.24, 2.45) is 0 Å². The summed E-state index contributed by atoms with van der Waals surface area (Å²) in [5, 5.41) is 8.54. The molecule has 29 heavy (non-hydrogen) atoms. The summed E-state index contributed by atoms with van der Waals surface area (Å²) in [5.74, 6) is 0.827. The van der Waals surface area contributed by atoms with Crippen LogP contribution in [0.25, 0.3) is 16.2 Å². The molecule has 0 aliphatic carbocycles. The van der Waals surface area contributed by atoms with Crippen molar-refractivity contribution >= 4 is 37.1 Å². The van der Waals surface area contributed by atoms with E-state index in [1.165, 1.54) is 11.3 Å². The summed E-state index contributed by atoms with van der Waals surface area (Å²) < 4.78 is 32.8. The Morgan fingerprint density at radius 3 is 2.76 bits per heavy atom. The van der Waals surface area contributed by atoms with E-state index in [4.69, 9.17) is 4.74 Å². The minimum absolute atomic E-state index is 0.492. The number of nitrogens with zero attached hydrogens (tertiary/aromatic N) is 3. The third-order valence-corrected chi connectivity index (χ3v) is 5.42. The van der Waals surface area contributed by atoms with E-state index in [1.807, 2.05) is 36.4 Å². The van der Waals surface area contributed by atoms with Crippen LogP contribution in [0, 0.1) is 0 Å². The molecule has 0 fully saturated rings. The molecule has 0 spiro atoms. The zero-order valence-electron chi connectivity index (χ0n) is 15.6. The maximum absolute atomic E-state index is 11.5. The van der Waals surface area contributed by atoms with Crippen LogP contribution in [0.4, 0.5) is 10.8 Å². The minimum atomic E-state index is -3.34. The topological polar surface area (TPSA) is 97.6 Å². The first kappa shape index (κ1) is 19.2. The van der Waals surface area contributed by atoms with Crippen LogP contribution < -0.4 is 14.8 Å². The van der Waals surface area contributed by atoms with E-state index in [0.717, 1.165) is 33.4 Å². The number of hydrogen-bond donors (Lipinski definition) is 2. The van der Waals surface area contributed by atoms with Crippen molar-refractivity contribution in [1.29, 1.82) is 0 Å². The van der Waals surface area contributed by atoms with Gasteiger partial charge in [0.25, 0.3) is 0 Å². The van der Waals surface area contributed by atoms with Crippen molar-refractivity contribution in [1.82, 2.24) is 14.6 Å². The number of sulfonamides is 1. The van der Waals surface area contributed by atoms with Gasteiger partial charge in [0.05, 0.1) is 24.7 Å². The summed E-state index contributed by atoms with van der Waals surface area (Å²) in [6.45, 7) is 1.12. The highest BCUT2D eigenvalue weighted by Crippen LogP contribution is 2.27. The van der Waals surface area contributed by atoms with Gasteiger partial charge in [0.1, 0.15) is 12.4 Å². The van der Waals surface area contributed by atoms with Gasteiger partial charge in [-0.1, -0.05) is 41.7 Å². The fourth-order valence-electron chi connectivity index (χ4n) is 2.76. The molecule has 0 unspecified atom stereocenters. The van der Waals surface area contributed by atoms with Crippen LogP contribution in [-0.2, 0) is 10.0 Å². The second kappa shape index (κ2) is 8.10. The monoisotopic (exact) mass is 429 g/mol. The lowest BCUT2D eigenvalue weighted by molar-refractivity contribution is 0.333. The SMILES string of the molecule is CS(=O)(=O)Nc1cccc(-c2cnc3sc(NCCOc4ccccc4)nn23)c1. The standard InChI is InChI=1S/C19H19N5O3S2/c1-29(25,26)23-15-7-5-6-14(12-15)17-13-21-19-24(17)22-18(28-19)20-10-11-27-16-8-3-2-4-9-16/h2-9,12-13,23H,10-11H2,1H3,(H,20,22). The second-order valence-corrected chi connectivity index (χ2v) is 8.99. The van der Waals surface area contributed by atoms with Gasteiger partial charge in [-0.15, -0.1) is 5.10 Å². The molecule has 8 nitrogen and oxygen atoms in total. The summed E-state index contributed by atoms with van der Waals surface area (Å²) >= 11 is 1.44. The summed E-state index contributed by atoms with van der Waals surface area (Å²) in [6, 6.07) is 16.8. The van der Waals surface area contributed by atoms with E-state index < -0.39 is 10.0 Å². The van der Waals surface area contributed by atoms with Crippen LogP contribution in [0.5, 0.6) is 5.75 Å². The molecule has 0 aliphatic heterocycles. The van der Waals surface area contributed by atoms with E-state index in [-0.39, 0.29) is 0 Å². The Labute approximate surface area is 172 Å². The number of hydrogen-bond acceptors (Lipinski definition) is 7. The number of nitrogens with one attached hydrogen (secondary N) is 2. The summed E-state index contributed by atoms with van der Waals surface area (Å²) in [7, 11) is -3.34. The summed E-state index contributed by atoms with van der Waals surface area (Å²) in [4.78, 5) is 5.15. The number of rotatable bonds is 8. The van der Waals surface area contributed by atoms with Crippen LogP contribution in [0.2, 0.25) is 0 Å². The van der Waals surface area contributed by atoms with E-state index in [0.29, 0.717) is 18.8 Å². The van der Waals surface area contributed by atoms with Gasteiger partial charge in [-0.25, -0.2) is 17.9 Å².